The summed E-state index contributed by atoms with van der Waals surface area (Å²) >= 11 is 0. The summed E-state index contributed by atoms with van der Waals surface area (Å²) in [7, 11) is 0. The highest BCUT2D eigenvalue weighted by Crippen LogP contribution is 2.05. The lowest BCUT2D eigenvalue weighted by Crippen LogP contribution is -2.51. The second kappa shape index (κ2) is 8.19. The quantitative estimate of drug-likeness (QED) is 0.877. The highest BCUT2D eigenvalue weighted by atomic mass is 35.5. The highest BCUT2D eigenvalue weighted by molar-refractivity contribution is 5.85. The molecule has 1 aliphatic rings. The van der Waals surface area contributed by atoms with Crippen molar-refractivity contribution < 1.29 is 9.18 Å². The van der Waals surface area contributed by atoms with Gasteiger partial charge in [-0.2, -0.15) is 0 Å². The maximum absolute atomic E-state index is 13.4. The van der Waals surface area contributed by atoms with E-state index in [1.807, 2.05) is 0 Å². The zero-order valence-electron chi connectivity index (χ0n) is 11.6. The number of benzene rings is 1. The smallest absolute Gasteiger partial charge is 0.234 e. The first-order chi connectivity index (χ1) is 9.15. The van der Waals surface area contributed by atoms with E-state index < -0.39 is 0 Å². The number of carbonyl (C=O) groups is 1. The molecule has 1 atom stereocenters. The predicted molar refractivity (Wildman–Crippen MR) is 79.4 cm³/mol. The van der Waals surface area contributed by atoms with Crippen molar-refractivity contribution in [2.24, 2.45) is 0 Å². The van der Waals surface area contributed by atoms with Crippen molar-refractivity contribution in [3.8, 4) is 0 Å². The fourth-order valence-corrected chi connectivity index (χ4v) is 2.25. The summed E-state index contributed by atoms with van der Waals surface area (Å²) < 4.78 is 13.4. The van der Waals surface area contributed by atoms with Crippen molar-refractivity contribution in [3.05, 3.63) is 35.6 Å². The van der Waals surface area contributed by atoms with Gasteiger partial charge in [-0.15, -0.1) is 12.4 Å². The second-order valence-electron chi connectivity index (χ2n) is 4.96. The molecule has 20 heavy (non-hydrogen) atoms. The monoisotopic (exact) mass is 301 g/mol. The average Bonchev–Trinajstić information content (AvgIpc) is 2.38. The summed E-state index contributed by atoms with van der Waals surface area (Å²) in [5, 5.41) is 6.09. The van der Waals surface area contributed by atoms with Gasteiger partial charge in [0, 0.05) is 37.8 Å². The number of carbonyl (C=O) groups excluding carboxylic acids is 1. The zero-order valence-corrected chi connectivity index (χ0v) is 12.4. The Morgan fingerprint density at radius 3 is 2.95 bits per heavy atom. The van der Waals surface area contributed by atoms with Gasteiger partial charge in [0.2, 0.25) is 5.91 Å². The minimum Gasteiger partial charge on any atom is -0.351 e. The van der Waals surface area contributed by atoms with E-state index in [1.54, 1.807) is 18.2 Å². The molecule has 2 N–H and O–H groups in total. The number of nitrogens with one attached hydrogen (secondary N) is 2. The Hall–Kier alpha value is -1.17. The van der Waals surface area contributed by atoms with Crippen LogP contribution in [0, 0.1) is 5.82 Å². The van der Waals surface area contributed by atoms with Gasteiger partial charge in [-0.1, -0.05) is 18.2 Å². The maximum atomic E-state index is 13.4. The highest BCUT2D eigenvalue weighted by Gasteiger charge is 2.17. The average molecular weight is 302 g/mol. The second-order valence-corrected chi connectivity index (χ2v) is 4.96. The fourth-order valence-electron chi connectivity index (χ4n) is 2.25. The molecular formula is C14H21ClFN3O. The molecule has 1 fully saturated rings. The van der Waals surface area contributed by atoms with Gasteiger partial charge in [0.15, 0.2) is 0 Å². The molecule has 1 aromatic rings. The molecule has 6 heteroatoms. The molecule has 4 nitrogen and oxygen atoms in total. The van der Waals surface area contributed by atoms with Crippen molar-refractivity contribution in [3.63, 3.8) is 0 Å². The Labute approximate surface area is 125 Å². The van der Waals surface area contributed by atoms with E-state index in [4.69, 9.17) is 0 Å². The van der Waals surface area contributed by atoms with Gasteiger partial charge in [-0.05, 0) is 13.0 Å². The summed E-state index contributed by atoms with van der Waals surface area (Å²) in [6, 6.07) is 6.90. The third-order valence-corrected chi connectivity index (χ3v) is 3.25. The lowest BCUT2D eigenvalue weighted by Gasteiger charge is -2.31. The molecule has 1 heterocycles. The van der Waals surface area contributed by atoms with Gasteiger partial charge < -0.3 is 10.6 Å². The Morgan fingerprint density at radius 1 is 1.50 bits per heavy atom. The summed E-state index contributed by atoms with van der Waals surface area (Å²) in [5.41, 5.74) is 0.518. The van der Waals surface area contributed by atoms with Crippen LogP contribution in [0.25, 0.3) is 0 Å². The van der Waals surface area contributed by atoms with Gasteiger partial charge in [0.25, 0.3) is 0 Å². The van der Waals surface area contributed by atoms with Gasteiger partial charge in [0.05, 0.1) is 6.54 Å². The predicted octanol–water partition coefficient (Wildman–Crippen LogP) is 1.16. The van der Waals surface area contributed by atoms with Crippen LogP contribution in [0.4, 0.5) is 4.39 Å². The molecule has 1 aliphatic heterocycles. The van der Waals surface area contributed by atoms with E-state index in [1.165, 1.54) is 6.07 Å². The molecule has 0 saturated carbocycles. The minimum absolute atomic E-state index is 0. The van der Waals surface area contributed by atoms with E-state index in [9.17, 15) is 9.18 Å². The first kappa shape index (κ1) is 16.9. The van der Waals surface area contributed by atoms with Gasteiger partial charge in [0.1, 0.15) is 5.82 Å². The molecule has 2 rings (SSSR count). The molecule has 112 valence electrons. The molecule has 1 saturated heterocycles. The maximum Gasteiger partial charge on any atom is 0.234 e. The van der Waals surface area contributed by atoms with Crippen LogP contribution in [-0.2, 0) is 11.3 Å². The van der Waals surface area contributed by atoms with Gasteiger partial charge in [-0.3, -0.25) is 9.69 Å². The molecule has 0 bridgehead atoms. The first-order valence-electron chi connectivity index (χ1n) is 6.61. The van der Waals surface area contributed by atoms with E-state index >= 15 is 0 Å². The van der Waals surface area contributed by atoms with Crippen molar-refractivity contribution in [1.82, 2.24) is 15.5 Å². The summed E-state index contributed by atoms with van der Waals surface area (Å²) in [6.07, 6.45) is 0. The van der Waals surface area contributed by atoms with E-state index in [2.05, 4.69) is 22.5 Å². The number of hydrogen-bond acceptors (Lipinski definition) is 3. The number of halogens is 2. The van der Waals surface area contributed by atoms with Crippen LogP contribution >= 0.6 is 12.4 Å². The van der Waals surface area contributed by atoms with Crippen molar-refractivity contribution in [1.29, 1.82) is 0 Å². The largest absolute Gasteiger partial charge is 0.351 e. The van der Waals surface area contributed by atoms with Crippen LogP contribution in [0.5, 0.6) is 0 Å². The summed E-state index contributed by atoms with van der Waals surface area (Å²) in [5.74, 6) is -0.337. The lowest BCUT2D eigenvalue weighted by atomic mass is 10.2. The van der Waals surface area contributed by atoms with E-state index in [0.29, 0.717) is 18.2 Å². The van der Waals surface area contributed by atoms with Crippen LogP contribution in [0.15, 0.2) is 24.3 Å². The Morgan fingerprint density at radius 2 is 2.25 bits per heavy atom. The zero-order chi connectivity index (χ0) is 13.7. The normalized spacial score (nSPS) is 19.2. The number of piperazine rings is 1. The number of amides is 1. The van der Waals surface area contributed by atoms with Crippen LogP contribution in [-0.4, -0.2) is 43.0 Å². The number of rotatable bonds is 4. The van der Waals surface area contributed by atoms with E-state index in [-0.39, 0.29) is 30.7 Å². The topological polar surface area (TPSA) is 44.4 Å². The third-order valence-electron chi connectivity index (χ3n) is 3.25. The SMILES string of the molecule is CC1CN(CC(=O)NCc2ccccc2F)CCN1.Cl. The lowest BCUT2D eigenvalue weighted by molar-refractivity contribution is -0.122. The third kappa shape index (κ3) is 5.07. The molecule has 0 aromatic heterocycles. The molecular weight excluding hydrogens is 281 g/mol. The minimum atomic E-state index is -0.279. The van der Waals surface area contributed by atoms with Crippen LogP contribution < -0.4 is 10.6 Å². The summed E-state index contributed by atoms with van der Waals surface area (Å²) in [4.78, 5) is 13.9. The van der Waals surface area contributed by atoms with Gasteiger partial charge in [-0.25, -0.2) is 4.39 Å². The van der Waals surface area contributed by atoms with Crippen LogP contribution in [0.2, 0.25) is 0 Å². The number of nitrogens with zero attached hydrogens (tertiary/aromatic N) is 1. The van der Waals surface area contributed by atoms with Gasteiger partial charge >= 0.3 is 0 Å². The summed E-state index contributed by atoms with van der Waals surface area (Å²) in [6.45, 7) is 5.36. The van der Waals surface area contributed by atoms with E-state index in [0.717, 1.165) is 19.6 Å². The molecule has 1 amide bonds. The number of hydrogen-bond donors (Lipinski definition) is 2. The standard InChI is InChI=1S/C14H20FN3O.ClH/c1-11-9-18(7-6-16-11)10-14(19)17-8-12-4-2-3-5-13(12)15;/h2-5,11,16H,6-10H2,1H3,(H,17,19);1H. The Bertz CT molecular complexity index is 444. The molecule has 0 spiro atoms. The van der Waals surface area contributed by atoms with Crippen molar-refractivity contribution >= 4 is 18.3 Å². The molecule has 1 unspecified atom stereocenters. The Kier molecular flexibility index (Phi) is 6.91. The van der Waals surface area contributed by atoms with Crippen molar-refractivity contribution in [2.45, 2.75) is 19.5 Å². The molecule has 0 radical (unpaired) electrons. The van der Waals surface area contributed by atoms with Crippen molar-refractivity contribution in [2.75, 3.05) is 26.2 Å². The van der Waals surface area contributed by atoms with Crippen LogP contribution in [0.3, 0.4) is 0 Å². The first-order valence-corrected chi connectivity index (χ1v) is 6.61. The Balaban J connectivity index is 0.00000200. The van der Waals surface area contributed by atoms with Crippen LogP contribution in [0.1, 0.15) is 12.5 Å². The fraction of sp³-hybridized carbons (Fsp3) is 0.500. The molecule has 1 aromatic carbocycles. The molecule has 0 aliphatic carbocycles.